The van der Waals surface area contributed by atoms with Gasteiger partial charge in [-0.1, -0.05) is 39.0 Å². The molecule has 0 fully saturated rings. The summed E-state index contributed by atoms with van der Waals surface area (Å²) in [6.07, 6.45) is 1.60. The van der Waals surface area contributed by atoms with Crippen LogP contribution in [0.4, 0.5) is 5.69 Å². The van der Waals surface area contributed by atoms with Crippen molar-refractivity contribution in [2.45, 2.75) is 38.9 Å². The molecule has 0 atom stereocenters. The fourth-order valence-electron chi connectivity index (χ4n) is 4.06. The molecule has 1 heterocycles. The largest absolute Gasteiger partial charge is 0.541 e. The third-order valence-electron chi connectivity index (χ3n) is 7.49. The van der Waals surface area contributed by atoms with Crippen LogP contribution < -0.4 is 24.2 Å². The number of fused-ring (bicyclic) bond motifs is 1. The van der Waals surface area contributed by atoms with E-state index in [0.29, 0.717) is 33.8 Å². The first-order valence-corrected chi connectivity index (χ1v) is 15.7. The number of pyridine rings is 1. The molecule has 4 rings (SSSR count). The van der Waals surface area contributed by atoms with Crippen molar-refractivity contribution in [2.24, 2.45) is 0 Å². The molecular formula is C31H36N2O5Si. The van der Waals surface area contributed by atoms with Crippen molar-refractivity contribution in [3.05, 3.63) is 88.7 Å². The van der Waals surface area contributed by atoms with E-state index in [1.165, 1.54) is 4.90 Å². The van der Waals surface area contributed by atoms with Gasteiger partial charge in [0.05, 0.1) is 25.1 Å². The normalized spacial score (nSPS) is 11.8. The van der Waals surface area contributed by atoms with Gasteiger partial charge in [0.1, 0.15) is 17.1 Å². The van der Waals surface area contributed by atoms with E-state index in [1.54, 1.807) is 39.6 Å². The standard InChI is InChI=1S/C31H36N2O5Si/c1-31(2,3)39(7,8)38-28-18-24-26(19-27(28)37-6)33(22-14-16-23(36-5)17-15-22)20-25(29(24)34)30(35)32(4)21-12-10-9-11-13-21/h9-20H,1-8H3. The van der Waals surface area contributed by atoms with E-state index in [1.807, 2.05) is 59.2 Å². The van der Waals surface area contributed by atoms with Gasteiger partial charge in [-0.15, -0.1) is 0 Å². The number of para-hydroxylation sites is 1. The zero-order valence-electron chi connectivity index (χ0n) is 23.9. The zero-order valence-corrected chi connectivity index (χ0v) is 24.9. The number of carbonyl (C=O) groups is 1. The lowest BCUT2D eigenvalue weighted by Crippen LogP contribution is -2.44. The molecule has 3 aromatic carbocycles. The molecular weight excluding hydrogens is 508 g/mol. The molecule has 0 saturated carbocycles. The number of hydrogen-bond acceptors (Lipinski definition) is 5. The molecule has 204 valence electrons. The first-order chi connectivity index (χ1) is 18.4. The first-order valence-electron chi connectivity index (χ1n) is 12.8. The van der Waals surface area contributed by atoms with Crippen molar-refractivity contribution >= 4 is 30.8 Å². The Morgan fingerprint density at radius 2 is 1.54 bits per heavy atom. The van der Waals surface area contributed by atoms with Gasteiger partial charge in [-0.3, -0.25) is 9.59 Å². The molecule has 1 amide bonds. The molecule has 1 aromatic heterocycles. The van der Waals surface area contributed by atoms with Gasteiger partial charge in [0.2, 0.25) is 5.43 Å². The van der Waals surface area contributed by atoms with Gasteiger partial charge in [0.25, 0.3) is 14.2 Å². The molecule has 0 saturated heterocycles. The van der Waals surface area contributed by atoms with E-state index in [2.05, 4.69) is 33.9 Å². The molecule has 0 radical (unpaired) electrons. The van der Waals surface area contributed by atoms with Crippen LogP contribution in [0.3, 0.4) is 0 Å². The molecule has 0 aliphatic heterocycles. The average Bonchev–Trinajstić information content (AvgIpc) is 2.92. The Morgan fingerprint density at radius 1 is 0.897 bits per heavy atom. The number of nitrogens with zero attached hydrogens (tertiary/aromatic N) is 2. The van der Waals surface area contributed by atoms with E-state index in [9.17, 15) is 9.59 Å². The van der Waals surface area contributed by atoms with Crippen LogP contribution in [0.5, 0.6) is 17.2 Å². The highest BCUT2D eigenvalue weighted by atomic mass is 28.4. The van der Waals surface area contributed by atoms with Crippen LogP contribution in [0.25, 0.3) is 16.6 Å². The second-order valence-corrected chi connectivity index (χ2v) is 15.7. The summed E-state index contributed by atoms with van der Waals surface area (Å²) in [6, 6.07) is 20.2. The fraction of sp³-hybridized carbons (Fsp3) is 0.290. The second-order valence-electron chi connectivity index (χ2n) is 11.0. The monoisotopic (exact) mass is 544 g/mol. The molecule has 39 heavy (non-hydrogen) atoms. The molecule has 0 bridgehead atoms. The topological polar surface area (TPSA) is 70.0 Å². The van der Waals surface area contributed by atoms with Gasteiger partial charge in [0.15, 0.2) is 5.75 Å². The van der Waals surface area contributed by atoms with E-state index < -0.39 is 14.2 Å². The summed E-state index contributed by atoms with van der Waals surface area (Å²) in [5, 5.41) is 0.305. The Balaban J connectivity index is 1.99. The van der Waals surface area contributed by atoms with Crippen LogP contribution in [0, 0.1) is 0 Å². The van der Waals surface area contributed by atoms with Crippen molar-refractivity contribution in [2.75, 3.05) is 26.2 Å². The molecule has 8 heteroatoms. The predicted molar refractivity (Wildman–Crippen MR) is 160 cm³/mol. The number of amides is 1. The number of rotatable bonds is 7. The maximum absolute atomic E-state index is 13.9. The van der Waals surface area contributed by atoms with E-state index in [4.69, 9.17) is 13.9 Å². The number of anilines is 1. The van der Waals surface area contributed by atoms with Gasteiger partial charge < -0.3 is 23.4 Å². The second kappa shape index (κ2) is 10.6. The molecule has 0 spiro atoms. The van der Waals surface area contributed by atoms with Gasteiger partial charge in [-0.2, -0.15) is 0 Å². The first kappa shape index (κ1) is 28.0. The molecule has 0 aliphatic carbocycles. The Kier molecular flexibility index (Phi) is 7.61. The minimum Gasteiger partial charge on any atom is -0.541 e. The van der Waals surface area contributed by atoms with Gasteiger partial charge in [0, 0.05) is 30.7 Å². The van der Waals surface area contributed by atoms with Crippen LogP contribution in [0.2, 0.25) is 18.1 Å². The molecule has 0 unspecified atom stereocenters. The Hall–Kier alpha value is -4.04. The lowest BCUT2D eigenvalue weighted by Gasteiger charge is -2.36. The lowest BCUT2D eigenvalue weighted by molar-refractivity contribution is 0.0991. The number of ether oxygens (including phenoxy) is 2. The maximum Gasteiger partial charge on any atom is 0.263 e. The molecule has 0 N–H and O–H groups in total. The van der Waals surface area contributed by atoms with Crippen molar-refractivity contribution in [3.8, 4) is 22.9 Å². The minimum atomic E-state index is -2.26. The SMILES string of the molecule is COc1ccc(-n2cc(C(=O)N(C)c3ccccc3)c(=O)c3cc(O[Si](C)(C)C(C)(C)C)c(OC)cc32)cc1. The Bertz CT molecular complexity index is 1550. The number of carbonyl (C=O) groups excluding carboxylic acids is 1. The molecule has 7 nitrogen and oxygen atoms in total. The average molecular weight is 545 g/mol. The summed E-state index contributed by atoms with van der Waals surface area (Å²) in [5.41, 5.74) is 1.73. The summed E-state index contributed by atoms with van der Waals surface area (Å²) < 4.78 is 19.5. The maximum atomic E-state index is 13.9. The van der Waals surface area contributed by atoms with Crippen LogP contribution in [-0.4, -0.2) is 40.1 Å². The number of methoxy groups -OCH3 is 2. The number of benzene rings is 3. The fourth-order valence-corrected chi connectivity index (χ4v) is 5.07. The van der Waals surface area contributed by atoms with E-state index in [-0.39, 0.29) is 16.0 Å². The molecule has 4 aromatic rings. The highest BCUT2D eigenvalue weighted by Crippen LogP contribution is 2.41. The quantitative estimate of drug-likeness (QED) is 0.243. The Labute approximate surface area is 230 Å². The summed E-state index contributed by atoms with van der Waals surface area (Å²) in [5.74, 6) is 1.32. The third kappa shape index (κ3) is 5.42. The lowest BCUT2D eigenvalue weighted by atomic mass is 10.1. The number of hydrogen-bond donors (Lipinski definition) is 0. The van der Waals surface area contributed by atoms with Crippen molar-refractivity contribution in [1.29, 1.82) is 0 Å². The summed E-state index contributed by atoms with van der Waals surface area (Å²) in [6.45, 7) is 10.7. The predicted octanol–water partition coefficient (Wildman–Crippen LogP) is 6.67. The minimum absolute atomic E-state index is 0.0492. The van der Waals surface area contributed by atoms with E-state index >= 15 is 0 Å². The third-order valence-corrected chi connectivity index (χ3v) is 11.8. The summed E-state index contributed by atoms with van der Waals surface area (Å²) in [7, 11) is 2.60. The molecule has 0 aliphatic rings. The highest BCUT2D eigenvalue weighted by Gasteiger charge is 2.39. The Morgan fingerprint density at radius 3 is 2.10 bits per heavy atom. The van der Waals surface area contributed by atoms with E-state index in [0.717, 1.165) is 5.69 Å². The van der Waals surface area contributed by atoms with Crippen LogP contribution in [-0.2, 0) is 0 Å². The summed E-state index contributed by atoms with van der Waals surface area (Å²) >= 11 is 0. The van der Waals surface area contributed by atoms with Crippen LogP contribution >= 0.6 is 0 Å². The van der Waals surface area contributed by atoms with Gasteiger partial charge in [-0.25, -0.2) is 0 Å². The van der Waals surface area contributed by atoms with Gasteiger partial charge in [-0.05, 0) is 60.6 Å². The van der Waals surface area contributed by atoms with Crippen LogP contribution in [0.15, 0.2) is 77.7 Å². The smallest absolute Gasteiger partial charge is 0.263 e. The van der Waals surface area contributed by atoms with Crippen LogP contribution in [0.1, 0.15) is 31.1 Å². The summed E-state index contributed by atoms with van der Waals surface area (Å²) in [4.78, 5) is 29.1. The van der Waals surface area contributed by atoms with Crippen molar-refractivity contribution in [1.82, 2.24) is 4.57 Å². The van der Waals surface area contributed by atoms with Crippen molar-refractivity contribution < 1.29 is 18.7 Å². The van der Waals surface area contributed by atoms with Crippen molar-refractivity contribution in [3.63, 3.8) is 0 Å². The number of aromatic nitrogens is 1. The van der Waals surface area contributed by atoms with Gasteiger partial charge >= 0.3 is 0 Å². The zero-order chi connectivity index (χ0) is 28.5. The highest BCUT2D eigenvalue weighted by molar-refractivity contribution is 6.74.